The van der Waals surface area contributed by atoms with Crippen LogP contribution in [0.3, 0.4) is 0 Å². The molecule has 0 saturated heterocycles. The summed E-state index contributed by atoms with van der Waals surface area (Å²) < 4.78 is 5.61. The molecule has 0 heterocycles. The summed E-state index contributed by atoms with van der Waals surface area (Å²) in [7, 11) is 0. The molecule has 0 fully saturated rings. The molecule has 0 atom stereocenters. The molecule has 0 saturated carbocycles. The molecule has 3 nitrogen and oxygen atoms in total. The summed E-state index contributed by atoms with van der Waals surface area (Å²) in [5, 5.41) is 12.1. The third kappa shape index (κ3) is 7.85. The molecule has 3 heteroatoms. The van der Waals surface area contributed by atoms with E-state index in [0.717, 1.165) is 31.7 Å². The van der Waals surface area contributed by atoms with Gasteiger partial charge in [0.25, 0.3) is 0 Å². The Balaban J connectivity index is 2.12. The summed E-state index contributed by atoms with van der Waals surface area (Å²) >= 11 is 0. The van der Waals surface area contributed by atoms with Gasteiger partial charge in [0.1, 0.15) is 5.75 Å². The maximum Gasteiger partial charge on any atom is 0.119 e. The number of benzene rings is 1. The van der Waals surface area contributed by atoms with Gasteiger partial charge in [-0.25, -0.2) is 0 Å². The van der Waals surface area contributed by atoms with Gasteiger partial charge in [0.05, 0.1) is 6.10 Å². The number of aliphatic hydroxyl groups excluding tert-OH is 1. The number of hydrogen-bond donors (Lipinski definition) is 2. The van der Waals surface area contributed by atoms with E-state index in [4.69, 9.17) is 9.84 Å². The van der Waals surface area contributed by atoms with E-state index in [1.54, 1.807) is 0 Å². The molecule has 0 aliphatic heterocycles. The van der Waals surface area contributed by atoms with Gasteiger partial charge in [-0.2, -0.15) is 0 Å². The summed E-state index contributed by atoms with van der Waals surface area (Å²) in [6.45, 7) is 6.33. The topological polar surface area (TPSA) is 41.5 Å². The molecule has 0 amide bonds. The predicted molar refractivity (Wildman–Crippen MR) is 79.5 cm³/mol. The number of ether oxygens (including phenoxy) is 1. The minimum absolute atomic E-state index is 0.225. The van der Waals surface area contributed by atoms with Crippen molar-refractivity contribution >= 4 is 0 Å². The first-order valence-corrected chi connectivity index (χ1v) is 7.29. The largest absolute Gasteiger partial charge is 0.491 e. The molecule has 2 N–H and O–H groups in total. The number of nitrogens with one attached hydrogen (secondary N) is 1. The van der Waals surface area contributed by atoms with Crippen LogP contribution < -0.4 is 10.1 Å². The molecule has 108 valence electrons. The van der Waals surface area contributed by atoms with E-state index in [0.29, 0.717) is 6.61 Å². The fraction of sp³-hybridized carbons (Fsp3) is 0.625. The fourth-order valence-electron chi connectivity index (χ4n) is 1.91. The Morgan fingerprint density at radius 3 is 2.37 bits per heavy atom. The lowest BCUT2D eigenvalue weighted by atomic mass is 10.2. The standard InChI is InChI=1S/C16H27NO2/c1-14(2)19-16-9-7-15(8-10-16)13-17-11-5-3-4-6-12-18/h7-10,14,17-18H,3-6,11-13H2,1-2H3. The van der Waals surface area contributed by atoms with Gasteiger partial charge in [-0.3, -0.25) is 0 Å². The third-order valence-corrected chi connectivity index (χ3v) is 2.89. The zero-order valence-electron chi connectivity index (χ0n) is 12.2. The summed E-state index contributed by atoms with van der Waals surface area (Å²) in [6, 6.07) is 8.27. The van der Waals surface area contributed by atoms with Crippen LogP contribution in [-0.4, -0.2) is 24.4 Å². The number of hydrogen-bond acceptors (Lipinski definition) is 3. The Bertz CT molecular complexity index is 322. The second-order valence-electron chi connectivity index (χ2n) is 5.13. The quantitative estimate of drug-likeness (QED) is 0.639. The fourth-order valence-corrected chi connectivity index (χ4v) is 1.91. The van der Waals surface area contributed by atoms with E-state index >= 15 is 0 Å². The van der Waals surface area contributed by atoms with E-state index in [1.807, 2.05) is 26.0 Å². The number of unbranched alkanes of at least 4 members (excludes halogenated alkanes) is 3. The van der Waals surface area contributed by atoms with Crippen molar-refractivity contribution in [2.24, 2.45) is 0 Å². The highest BCUT2D eigenvalue weighted by molar-refractivity contribution is 5.27. The van der Waals surface area contributed by atoms with Crippen LogP contribution in [-0.2, 0) is 6.54 Å². The molecule has 1 aromatic rings. The van der Waals surface area contributed by atoms with E-state index in [1.165, 1.54) is 18.4 Å². The second kappa shape index (κ2) is 9.82. The van der Waals surface area contributed by atoms with Crippen molar-refractivity contribution in [3.05, 3.63) is 29.8 Å². The van der Waals surface area contributed by atoms with Gasteiger partial charge in [0.2, 0.25) is 0 Å². The number of rotatable bonds is 10. The van der Waals surface area contributed by atoms with E-state index in [9.17, 15) is 0 Å². The molecule has 0 radical (unpaired) electrons. The van der Waals surface area contributed by atoms with Gasteiger partial charge in [-0.15, -0.1) is 0 Å². The van der Waals surface area contributed by atoms with Crippen LogP contribution in [0.2, 0.25) is 0 Å². The van der Waals surface area contributed by atoms with Crippen LogP contribution in [0.1, 0.15) is 45.1 Å². The second-order valence-corrected chi connectivity index (χ2v) is 5.13. The molecule has 1 aromatic carbocycles. The summed E-state index contributed by atoms with van der Waals surface area (Å²) in [4.78, 5) is 0. The van der Waals surface area contributed by atoms with Crippen LogP contribution in [0, 0.1) is 0 Å². The van der Waals surface area contributed by atoms with Crippen LogP contribution >= 0.6 is 0 Å². The molecular weight excluding hydrogens is 238 g/mol. The molecule has 0 aliphatic rings. The molecule has 0 aliphatic carbocycles. The number of aliphatic hydroxyl groups is 1. The van der Waals surface area contributed by atoms with E-state index in [-0.39, 0.29) is 6.10 Å². The van der Waals surface area contributed by atoms with Crippen LogP contribution in [0.4, 0.5) is 0 Å². The maximum atomic E-state index is 8.67. The lowest BCUT2D eigenvalue weighted by Gasteiger charge is -2.10. The Labute approximate surface area is 117 Å². The van der Waals surface area contributed by atoms with Crippen LogP contribution in [0.15, 0.2) is 24.3 Å². The lowest BCUT2D eigenvalue weighted by molar-refractivity contribution is 0.242. The first-order chi connectivity index (χ1) is 9.22. The monoisotopic (exact) mass is 265 g/mol. The van der Waals surface area contributed by atoms with Gasteiger partial charge in [-0.1, -0.05) is 25.0 Å². The molecule has 0 unspecified atom stereocenters. The average molecular weight is 265 g/mol. The molecule has 0 spiro atoms. The molecule has 19 heavy (non-hydrogen) atoms. The first kappa shape index (κ1) is 16.0. The normalized spacial score (nSPS) is 10.9. The minimum atomic E-state index is 0.225. The maximum absolute atomic E-state index is 8.67. The van der Waals surface area contributed by atoms with Crippen molar-refractivity contribution < 1.29 is 9.84 Å². The molecule has 0 bridgehead atoms. The SMILES string of the molecule is CC(C)Oc1ccc(CNCCCCCCO)cc1. The highest BCUT2D eigenvalue weighted by atomic mass is 16.5. The van der Waals surface area contributed by atoms with E-state index in [2.05, 4.69) is 17.4 Å². The highest BCUT2D eigenvalue weighted by Crippen LogP contribution is 2.13. The van der Waals surface area contributed by atoms with Crippen molar-refractivity contribution in [1.29, 1.82) is 0 Å². The van der Waals surface area contributed by atoms with Crippen molar-refractivity contribution in [2.45, 2.75) is 52.2 Å². The van der Waals surface area contributed by atoms with Crippen molar-refractivity contribution in [3.63, 3.8) is 0 Å². The lowest BCUT2D eigenvalue weighted by Crippen LogP contribution is -2.14. The van der Waals surface area contributed by atoms with Gasteiger partial charge in [-0.05, 0) is 50.9 Å². The Hall–Kier alpha value is -1.06. The summed E-state index contributed by atoms with van der Waals surface area (Å²) in [5.74, 6) is 0.933. The van der Waals surface area contributed by atoms with Crippen molar-refractivity contribution in [2.75, 3.05) is 13.2 Å². The Morgan fingerprint density at radius 2 is 1.74 bits per heavy atom. The van der Waals surface area contributed by atoms with E-state index < -0.39 is 0 Å². The summed E-state index contributed by atoms with van der Waals surface area (Å²) in [6.07, 6.45) is 4.64. The zero-order valence-corrected chi connectivity index (χ0v) is 12.2. The van der Waals surface area contributed by atoms with Crippen LogP contribution in [0.5, 0.6) is 5.75 Å². The van der Waals surface area contributed by atoms with Crippen molar-refractivity contribution in [1.82, 2.24) is 5.32 Å². The summed E-state index contributed by atoms with van der Waals surface area (Å²) in [5.41, 5.74) is 1.28. The first-order valence-electron chi connectivity index (χ1n) is 7.29. The zero-order chi connectivity index (χ0) is 13.9. The van der Waals surface area contributed by atoms with Crippen LogP contribution in [0.25, 0.3) is 0 Å². The Morgan fingerprint density at radius 1 is 1.05 bits per heavy atom. The average Bonchev–Trinajstić information content (AvgIpc) is 2.39. The predicted octanol–water partition coefficient (Wildman–Crippen LogP) is 3.12. The van der Waals surface area contributed by atoms with Gasteiger partial charge in [0.15, 0.2) is 0 Å². The molecule has 1 rings (SSSR count). The molecular formula is C16H27NO2. The minimum Gasteiger partial charge on any atom is -0.491 e. The van der Waals surface area contributed by atoms with Gasteiger partial charge in [0, 0.05) is 13.2 Å². The van der Waals surface area contributed by atoms with Crippen molar-refractivity contribution in [3.8, 4) is 5.75 Å². The highest BCUT2D eigenvalue weighted by Gasteiger charge is 1.98. The molecule has 0 aromatic heterocycles. The van der Waals surface area contributed by atoms with Gasteiger partial charge >= 0.3 is 0 Å². The Kier molecular flexibility index (Phi) is 8.26. The third-order valence-electron chi connectivity index (χ3n) is 2.89. The van der Waals surface area contributed by atoms with Gasteiger partial charge < -0.3 is 15.2 Å². The smallest absolute Gasteiger partial charge is 0.119 e.